The number of hydrogen-bond acceptors (Lipinski definition) is 4. The minimum absolute atomic E-state index is 0.663. The topological polar surface area (TPSA) is 28.2 Å². The molecule has 4 heteroatoms. The normalized spacial score (nSPS) is 23.2. The van der Waals surface area contributed by atoms with Gasteiger partial charge in [-0.3, -0.25) is 4.90 Å². The van der Waals surface area contributed by atoms with E-state index in [1.807, 2.05) is 5.51 Å². The van der Waals surface area contributed by atoms with Gasteiger partial charge in [0.25, 0.3) is 0 Å². The molecule has 0 bridgehead atoms. The number of hydrogen-bond donors (Lipinski definition) is 1. The van der Waals surface area contributed by atoms with Crippen molar-refractivity contribution in [1.82, 2.24) is 15.2 Å². The number of rotatable bonds is 3. The monoisotopic (exact) mass is 239 g/mol. The minimum Gasteiger partial charge on any atom is -0.313 e. The van der Waals surface area contributed by atoms with Crippen molar-refractivity contribution in [2.24, 2.45) is 0 Å². The van der Waals surface area contributed by atoms with E-state index >= 15 is 0 Å². The zero-order chi connectivity index (χ0) is 11.4. The van der Waals surface area contributed by atoms with Crippen molar-refractivity contribution in [2.45, 2.75) is 39.3 Å². The Kier molecular flexibility index (Phi) is 4.32. The van der Waals surface area contributed by atoms with Crippen LogP contribution in [-0.2, 0) is 6.54 Å². The van der Waals surface area contributed by atoms with Crippen molar-refractivity contribution in [3.63, 3.8) is 0 Å². The van der Waals surface area contributed by atoms with Crippen LogP contribution in [0.15, 0.2) is 5.51 Å². The van der Waals surface area contributed by atoms with Gasteiger partial charge in [-0.1, -0.05) is 6.92 Å². The fourth-order valence-corrected chi connectivity index (χ4v) is 2.99. The largest absolute Gasteiger partial charge is 0.313 e. The minimum atomic E-state index is 0.663. The van der Waals surface area contributed by atoms with Crippen LogP contribution in [0.3, 0.4) is 0 Å². The molecule has 2 heterocycles. The van der Waals surface area contributed by atoms with Gasteiger partial charge in [0.1, 0.15) is 0 Å². The van der Waals surface area contributed by atoms with Crippen LogP contribution < -0.4 is 5.32 Å². The summed E-state index contributed by atoms with van der Waals surface area (Å²) in [6.45, 7) is 9.00. The standard InChI is InChI=1S/C12H21N3S/c1-3-11-7-15(6-4-5-13-11)8-12-10(2)14-9-16-12/h9,11,13H,3-8H2,1-2H3. The molecule has 0 radical (unpaired) electrons. The van der Waals surface area contributed by atoms with Gasteiger partial charge < -0.3 is 5.32 Å². The highest BCUT2D eigenvalue weighted by Gasteiger charge is 2.17. The average molecular weight is 239 g/mol. The maximum Gasteiger partial charge on any atom is 0.0798 e. The molecule has 3 nitrogen and oxygen atoms in total. The van der Waals surface area contributed by atoms with Crippen LogP contribution in [0, 0.1) is 6.92 Å². The Morgan fingerprint density at radius 1 is 1.62 bits per heavy atom. The van der Waals surface area contributed by atoms with Crippen LogP contribution in [0.1, 0.15) is 30.3 Å². The molecule has 0 aromatic carbocycles. The number of aryl methyl sites for hydroxylation is 1. The van der Waals surface area contributed by atoms with E-state index in [9.17, 15) is 0 Å². The Labute approximate surface area is 102 Å². The molecular weight excluding hydrogens is 218 g/mol. The van der Waals surface area contributed by atoms with Crippen molar-refractivity contribution in [2.75, 3.05) is 19.6 Å². The third kappa shape index (κ3) is 3.03. The van der Waals surface area contributed by atoms with Gasteiger partial charge in [0.15, 0.2) is 0 Å². The lowest BCUT2D eigenvalue weighted by Crippen LogP contribution is -2.36. The third-order valence-corrected chi connectivity index (χ3v) is 4.19. The second-order valence-corrected chi connectivity index (χ2v) is 5.45. The predicted octanol–water partition coefficient (Wildman–Crippen LogP) is 2.03. The molecule has 0 spiro atoms. The van der Waals surface area contributed by atoms with E-state index in [1.54, 1.807) is 11.3 Å². The average Bonchev–Trinajstić information content (AvgIpc) is 2.55. The summed E-state index contributed by atoms with van der Waals surface area (Å²) < 4.78 is 0. The fourth-order valence-electron chi connectivity index (χ4n) is 2.17. The maximum absolute atomic E-state index is 4.32. The zero-order valence-electron chi connectivity index (χ0n) is 10.2. The molecule has 1 aromatic heterocycles. The summed E-state index contributed by atoms with van der Waals surface area (Å²) in [5, 5.41) is 3.60. The van der Waals surface area contributed by atoms with Gasteiger partial charge in [0.2, 0.25) is 0 Å². The summed E-state index contributed by atoms with van der Waals surface area (Å²) in [7, 11) is 0. The summed E-state index contributed by atoms with van der Waals surface area (Å²) in [6.07, 6.45) is 2.48. The van der Waals surface area contributed by atoms with Gasteiger partial charge in [-0.2, -0.15) is 0 Å². The van der Waals surface area contributed by atoms with Gasteiger partial charge in [-0.05, 0) is 32.9 Å². The molecule has 1 aromatic rings. The summed E-state index contributed by atoms with van der Waals surface area (Å²) in [5.74, 6) is 0. The lowest BCUT2D eigenvalue weighted by Gasteiger charge is -2.23. The van der Waals surface area contributed by atoms with Gasteiger partial charge in [-0.15, -0.1) is 11.3 Å². The summed E-state index contributed by atoms with van der Waals surface area (Å²) in [4.78, 5) is 8.31. The lowest BCUT2D eigenvalue weighted by atomic mass is 10.2. The molecule has 1 saturated heterocycles. The molecule has 1 aliphatic rings. The second-order valence-electron chi connectivity index (χ2n) is 4.51. The molecule has 0 aliphatic carbocycles. The number of nitrogens with zero attached hydrogens (tertiary/aromatic N) is 2. The highest BCUT2D eigenvalue weighted by molar-refractivity contribution is 7.09. The van der Waals surface area contributed by atoms with E-state index in [4.69, 9.17) is 0 Å². The van der Waals surface area contributed by atoms with Crippen molar-refractivity contribution < 1.29 is 0 Å². The maximum atomic E-state index is 4.32. The van der Waals surface area contributed by atoms with Crippen molar-refractivity contribution >= 4 is 11.3 Å². The van der Waals surface area contributed by atoms with E-state index in [2.05, 4.69) is 29.0 Å². The van der Waals surface area contributed by atoms with Crippen LogP contribution in [0.5, 0.6) is 0 Å². The van der Waals surface area contributed by atoms with Crippen molar-refractivity contribution in [3.05, 3.63) is 16.1 Å². The van der Waals surface area contributed by atoms with Gasteiger partial charge >= 0.3 is 0 Å². The smallest absolute Gasteiger partial charge is 0.0798 e. The second kappa shape index (κ2) is 5.75. The van der Waals surface area contributed by atoms with Crippen LogP contribution in [0.2, 0.25) is 0 Å². The molecule has 0 amide bonds. The SMILES string of the molecule is CCC1CN(Cc2scnc2C)CCCN1. The van der Waals surface area contributed by atoms with Crippen LogP contribution >= 0.6 is 11.3 Å². The van der Waals surface area contributed by atoms with Crippen LogP contribution in [0.4, 0.5) is 0 Å². The molecule has 1 aliphatic heterocycles. The van der Waals surface area contributed by atoms with E-state index in [0.717, 1.165) is 13.1 Å². The Balaban J connectivity index is 1.95. The van der Waals surface area contributed by atoms with Crippen molar-refractivity contribution in [3.8, 4) is 0 Å². The summed E-state index contributed by atoms with van der Waals surface area (Å²) in [5.41, 5.74) is 3.16. The first kappa shape index (κ1) is 12.0. The van der Waals surface area contributed by atoms with E-state index in [0.29, 0.717) is 6.04 Å². The van der Waals surface area contributed by atoms with Gasteiger partial charge in [0.05, 0.1) is 11.2 Å². The molecule has 1 unspecified atom stereocenters. The third-order valence-electron chi connectivity index (χ3n) is 3.27. The molecule has 0 saturated carbocycles. The van der Waals surface area contributed by atoms with Crippen LogP contribution in [-0.4, -0.2) is 35.6 Å². The van der Waals surface area contributed by atoms with E-state index < -0.39 is 0 Å². The molecular formula is C12H21N3S. The highest BCUT2D eigenvalue weighted by Crippen LogP contribution is 2.16. The first-order chi connectivity index (χ1) is 7.79. The van der Waals surface area contributed by atoms with E-state index in [-0.39, 0.29) is 0 Å². The Morgan fingerprint density at radius 2 is 2.50 bits per heavy atom. The van der Waals surface area contributed by atoms with E-state index in [1.165, 1.54) is 36.5 Å². The molecule has 1 fully saturated rings. The molecule has 90 valence electrons. The number of aromatic nitrogens is 1. The molecule has 1 N–H and O–H groups in total. The quantitative estimate of drug-likeness (QED) is 0.875. The summed E-state index contributed by atoms with van der Waals surface area (Å²) >= 11 is 1.79. The highest BCUT2D eigenvalue weighted by atomic mass is 32.1. The Bertz CT molecular complexity index is 324. The Morgan fingerprint density at radius 3 is 3.19 bits per heavy atom. The first-order valence-electron chi connectivity index (χ1n) is 6.14. The zero-order valence-corrected chi connectivity index (χ0v) is 11.0. The Hall–Kier alpha value is -0.450. The molecule has 1 atom stereocenters. The van der Waals surface area contributed by atoms with Gasteiger partial charge in [0, 0.05) is 24.0 Å². The van der Waals surface area contributed by atoms with Gasteiger partial charge in [-0.25, -0.2) is 4.98 Å². The molecule has 16 heavy (non-hydrogen) atoms. The first-order valence-corrected chi connectivity index (χ1v) is 7.02. The van der Waals surface area contributed by atoms with Crippen molar-refractivity contribution in [1.29, 1.82) is 0 Å². The molecule has 2 rings (SSSR count). The number of thiazole rings is 1. The lowest BCUT2D eigenvalue weighted by molar-refractivity contribution is 0.259. The number of nitrogens with one attached hydrogen (secondary N) is 1. The predicted molar refractivity (Wildman–Crippen MR) is 68.8 cm³/mol. The summed E-state index contributed by atoms with van der Waals surface area (Å²) in [6, 6.07) is 0.663. The van der Waals surface area contributed by atoms with Crippen LogP contribution in [0.25, 0.3) is 0 Å². The fraction of sp³-hybridized carbons (Fsp3) is 0.750.